The summed E-state index contributed by atoms with van der Waals surface area (Å²) in [6.45, 7) is 2.42. The van der Waals surface area contributed by atoms with E-state index < -0.39 is 6.43 Å². The molecule has 33 heavy (non-hydrogen) atoms. The van der Waals surface area contributed by atoms with Crippen molar-refractivity contribution >= 4 is 22.3 Å². The Hall–Kier alpha value is -3.68. The number of nitrogens with zero attached hydrogens (tertiary/aromatic N) is 4. The minimum Gasteiger partial charge on any atom is -0.497 e. The van der Waals surface area contributed by atoms with E-state index in [2.05, 4.69) is 5.10 Å². The van der Waals surface area contributed by atoms with Crippen molar-refractivity contribution in [3.05, 3.63) is 69.8 Å². The Morgan fingerprint density at radius 2 is 1.88 bits per heavy atom. The molecule has 0 saturated carbocycles. The van der Waals surface area contributed by atoms with Gasteiger partial charge >= 0.3 is 0 Å². The molecule has 6 nitrogen and oxygen atoms in total. The Morgan fingerprint density at radius 1 is 1.09 bits per heavy atom. The summed E-state index contributed by atoms with van der Waals surface area (Å²) in [5.41, 5.74) is 5.00. The molecule has 1 aliphatic rings. The highest BCUT2D eigenvalue weighted by atomic mass is 19.3. The van der Waals surface area contributed by atoms with E-state index in [-0.39, 0.29) is 11.1 Å². The maximum absolute atomic E-state index is 14.1. The van der Waals surface area contributed by atoms with Gasteiger partial charge in [0.25, 0.3) is 12.0 Å². The number of halogens is 2. The number of pyridine rings is 1. The van der Waals surface area contributed by atoms with Gasteiger partial charge in [0.1, 0.15) is 5.75 Å². The van der Waals surface area contributed by atoms with Gasteiger partial charge in [0, 0.05) is 66.7 Å². The fraction of sp³-hybridized carbons (Fsp3) is 0.280. The standard InChI is InChI=1S/C25H24F2N4O2/c1-14-7-20-22(30(3)25(14)32)9-17(33-4)10-23(20)31-6-5-15-8-18(16-12-28-29(2)13-16)19(24(26)27)11-21(15)31/h7-13,24H,5-6H2,1-4H3. The highest BCUT2D eigenvalue weighted by Gasteiger charge is 2.28. The van der Waals surface area contributed by atoms with Crippen LogP contribution < -0.4 is 15.2 Å². The van der Waals surface area contributed by atoms with Gasteiger partial charge in [-0.05, 0) is 42.7 Å². The predicted octanol–water partition coefficient (Wildman–Crippen LogP) is 4.89. The lowest BCUT2D eigenvalue weighted by Gasteiger charge is -2.24. The van der Waals surface area contributed by atoms with Gasteiger partial charge in [0.15, 0.2) is 0 Å². The Morgan fingerprint density at radius 3 is 2.55 bits per heavy atom. The van der Waals surface area contributed by atoms with Crippen LogP contribution in [-0.4, -0.2) is 28.0 Å². The average molecular weight is 450 g/mol. The van der Waals surface area contributed by atoms with Gasteiger partial charge < -0.3 is 14.2 Å². The molecule has 0 amide bonds. The van der Waals surface area contributed by atoms with E-state index in [0.29, 0.717) is 29.0 Å². The summed E-state index contributed by atoms with van der Waals surface area (Å²) in [5.74, 6) is 0.603. The van der Waals surface area contributed by atoms with Crippen LogP contribution in [0.15, 0.2) is 47.5 Å². The van der Waals surface area contributed by atoms with Gasteiger partial charge in [0.05, 0.1) is 24.5 Å². The van der Waals surface area contributed by atoms with Crippen molar-refractivity contribution in [1.29, 1.82) is 0 Å². The van der Waals surface area contributed by atoms with Crippen molar-refractivity contribution in [3.63, 3.8) is 0 Å². The lowest BCUT2D eigenvalue weighted by molar-refractivity contribution is 0.152. The number of rotatable bonds is 4. The van der Waals surface area contributed by atoms with E-state index in [0.717, 1.165) is 34.3 Å². The molecule has 2 aromatic heterocycles. The first-order chi connectivity index (χ1) is 15.8. The second-order valence-electron chi connectivity index (χ2n) is 8.44. The van der Waals surface area contributed by atoms with Gasteiger partial charge in [-0.3, -0.25) is 9.48 Å². The van der Waals surface area contributed by atoms with E-state index in [9.17, 15) is 13.6 Å². The minimum atomic E-state index is -2.63. The number of fused-ring (bicyclic) bond motifs is 2. The third-order valence-electron chi connectivity index (χ3n) is 6.40. The second kappa shape index (κ2) is 7.72. The first-order valence-electron chi connectivity index (χ1n) is 10.7. The molecule has 3 heterocycles. The number of benzene rings is 2. The van der Waals surface area contributed by atoms with Crippen molar-refractivity contribution in [2.75, 3.05) is 18.6 Å². The number of aryl methyl sites for hydroxylation is 3. The highest BCUT2D eigenvalue weighted by Crippen LogP contribution is 2.44. The average Bonchev–Trinajstić information content (AvgIpc) is 3.42. The van der Waals surface area contributed by atoms with E-state index in [1.165, 1.54) is 0 Å². The lowest BCUT2D eigenvalue weighted by Crippen LogP contribution is -2.21. The third-order valence-corrected chi connectivity index (χ3v) is 6.40. The van der Waals surface area contributed by atoms with Crippen molar-refractivity contribution in [2.45, 2.75) is 19.8 Å². The molecule has 0 aliphatic carbocycles. The van der Waals surface area contributed by atoms with E-state index in [1.54, 1.807) is 55.8 Å². The molecule has 170 valence electrons. The van der Waals surface area contributed by atoms with Crippen molar-refractivity contribution in [2.24, 2.45) is 14.1 Å². The van der Waals surface area contributed by atoms with Gasteiger partial charge in [-0.2, -0.15) is 5.10 Å². The first-order valence-corrected chi connectivity index (χ1v) is 10.7. The monoisotopic (exact) mass is 450 g/mol. The van der Waals surface area contributed by atoms with Crippen LogP contribution in [0, 0.1) is 6.92 Å². The molecule has 0 fully saturated rings. The molecule has 2 aromatic carbocycles. The zero-order chi connectivity index (χ0) is 23.4. The SMILES string of the molecule is COc1cc(N2CCc3cc(-c4cnn(C)c4)c(C(F)F)cc32)c2cc(C)c(=O)n(C)c2c1. The summed E-state index contributed by atoms with van der Waals surface area (Å²) in [6.07, 6.45) is 1.45. The van der Waals surface area contributed by atoms with Crippen molar-refractivity contribution < 1.29 is 13.5 Å². The lowest BCUT2D eigenvalue weighted by atomic mass is 9.98. The molecule has 5 rings (SSSR count). The van der Waals surface area contributed by atoms with Gasteiger partial charge in [-0.15, -0.1) is 0 Å². The molecular formula is C25H24F2N4O2. The van der Waals surface area contributed by atoms with Crippen LogP contribution in [0.3, 0.4) is 0 Å². The third kappa shape index (κ3) is 3.37. The van der Waals surface area contributed by atoms with Crippen LogP contribution in [0.5, 0.6) is 5.75 Å². The predicted molar refractivity (Wildman–Crippen MR) is 125 cm³/mol. The molecule has 4 aromatic rings. The van der Waals surface area contributed by atoms with Crippen LogP contribution in [0.1, 0.15) is 23.1 Å². The fourth-order valence-corrected chi connectivity index (χ4v) is 4.71. The Bertz CT molecular complexity index is 1460. The molecule has 0 spiro atoms. The summed E-state index contributed by atoms with van der Waals surface area (Å²) < 4.78 is 37.0. The second-order valence-corrected chi connectivity index (χ2v) is 8.44. The van der Waals surface area contributed by atoms with E-state index >= 15 is 0 Å². The summed E-state index contributed by atoms with van der Waals surface area (Å²) in [7, 11) is 5.07. The summed E-state index contributed by atoms with van der Waals surface area (Å²) >= 11 is 0. The molecule has 8 heteroatoms. The number of aromatic nitrogens is 3. The smallest absolute Gasteiger partial charge is 0.264 e. The number of hydrogen-bond acceptors (Lipinski definition) is 4. The number of anilines is 2. The zero-order valence-corrected chi connectivity index (χ0v) is 18.9. The molecule has 1 aliphatic heterocycles. The van der Waals surface area contributed by atoms with Crippen LogP contribution >= 0.6 is 0 Å². The summed E-state index contributed by atoms with van der Waals surface area (Å²) in [4.78, 5) is 14.6. The van der Waals surface area contributed by atoms with Crippen molar-refractivity contribution in [1.82, 2.24) is 14.3 Å². The molecule has 0 N–H and O–H groups in total. The largest absolute Gasteiger partial charge is 0.497 e. The van der Waals surface area contributed by atoms with Crippen LogP contribution in [0.25, 0.3) is 22.0 Å². The van der Waals surface area contributed by atoms with Crippen molar-refractivity contribution in [3.8, 4) is 16.9 Å². The maximum atomic E-state index is 14.1. The molecule has 0 unspecified atom stereocenters. The molecule has 0 atom stereocenters. The molecular weight excluding hydrogens is 426 g/mol. The normalized spacial score (nSPS) is 13.2. The van der Waals surface area contributed by atoms with Gasteiger partial charge in [-0.1, -0.05) is 0 Å². The maximum Gasteiger partial charge on any atom is 0.264 e. The quantitative estimate of drug-likeness (QED) is 0.444. The number of ether oxygens (including phenoxy) is 1. The molecule has 0 saturated heterocycles. The van der Waals surface area contributed by atoms with Crippen LogP contribution in [0.4, 0.5) is 20.2 Å². The van der Waals surface area contributed by atoms with Crippen LogP contribution in [0.2, 0.25) is 0 Å². The molecule has 0 bridgehead atoms. The number of alkyl halides is 2. The number of methoxy groups -OCH3 is 1. The Kier molecular flexibility index (Phi) is 4.96. The topological polar surface area (TPSA) is 52.3 Å². The fourth-order valence-electron chi connectivity index (χ4n) is 4.71. The van der Waals surface area contributed by atoms with Crippen LogP contribution in [-0.2, 0) is 20.5 Å². The first kappa shape index (κ1) is 21.2. The summed E-state index contributed by atoms with van der Waals surface area (Å²) in [5, 5.41) is 5.02. The van der Waals surface area contributed by atoms with Gasteiger partial charge in [0.2, 0.25) is 0 Å². The minimum absolute atomic E-state index is 0.0237. The van der Waals surface area contributed by atoms with E-state index in [4.69, 9.17) is 4.74 Å². The zero-order valence-electron chi connectivity index (χ0n) is 18.9. The summed E-state index contributed by atoms with van der Waals surface area (Å²) in [6, 6.07) is 9.04. The van der Waals surface area contributed by atoms with E-state index in [1.807, 2.05) is 29.2 Å². The Labute approximate surface area is 189 Å². The highest BCUT2D eigenvalue weighted by molar-refractivity contribution is 5.97. The number of hydrogen-bond donors (Lipinski definition) is 0. The Balaban J connectivity index is 1.73. The van der Waals surface area contributed by atoms with Gasteiger partial charge in [-0.25, -0.2) is 8.78 Å². The molecule has 0 radical (unpaired) electrons.